The Morgan fingerprint density at radius 3 is 1.40 bits per heavy atom. The van der Waals surface area contributed by atoms with Crippen LogP contribution in [0.4, 0.5) is 0 Å². The van der Waals surface area contributed by atoms with Crippen LogP contribution in [0.5, 0.6) is 0 Å². The van der Waals surface area contributed by atoms with Gasteiger partial charge in [-0.3, -0.25) is 14.0 Å². The number of nitrogens with zero attached hydrogens (tertiary/aromatic N) is 8. The number of aryl methyl sites for hydroxylation is 6. The van der Waals surface area contributed by atoms with E-state index in [4.69, 9.17) is 38.7 Å². The number of carbonyl (C=O) groups is 4. The number of carboxylic acids is 1. The monoisotopic (exact) mass is 1430 g/mol. The predicted octanol–water partition coefficient (Wildman–Crippen LogP) is 5.73. The summed E-state index contributed by atoms with van der Waals surface area (Å²) in [4.78, 5) is 57.0. The van der Waals surface area contributed by atoms with Crippen LogP contribution in [0, 0.1) is 20.8 Å². The summed E-state index contributed by atoms with van der Waals surface area (Å²) in [6.45, 7) is 15.9. The number of hydrogen-bond acceptors (Lipinski definition) is 19. The van der Waals surface area contributed by atoms with Gasteiger partial charge in [0.2, 0.25) is 0 Å². The molecule has 0 atom stereocenters. The second-order valence-electron chi connectivity index (χ2n) is 18.7. The minimum atomic E-state index is -1.01. The van der Waals surface area contributed by atoms with Gasteiger partial charge < -0.3 is 70.5 Å². The van der Waals surface area contributed by atoms with Crippen LogP contribution in [0.25, 0.3) is 33.8 Å². The molecule has 1 saturated heterocycles. The van der Waals surface area contributed by atoms with Crippen molar-refractivity contribution in [2.24, 2.45) is 36.2 Å². The first-order chi connectivity index (χ1) is 39.8. The molecule has 3 radical (unpaired) electrons. The Morgan fingerprint density at radius 2 is 1.14 bits per heavy atom. The number of hydrogen-bond donors (Lipinski definition) is 9. The van der Waals surface area contributed by atoms with Gasteiger partial charge in [-0.15, -0.1) is 0 Å². The van der Waals surface area contributed by atoms with E-state index in [-0.39, 0.29) is 58.6 Å². The summed E-state index contributed by atoms with van der Waals surface area (Å²) in [5.74, 6) is -1.94. The number of H-pyrrole nitrogens is 3. The number of esters is 3. The summed E-state index contributed by atoms with van der Waals surface area (Å²) in [6.07, 6.45) is 13.1. The number of methoxy groups -OCH3 is 3. The average molecular weight is 1430 g/mol. The second kappa shape index (κ2) is 43.3. The van der Waals surface area contributed by atoms with Gasteiger partial charge in [0.1, 0.15) is 24.9 Å². The predicted molar refractivity (Wildman–Crippen MR) is 347 cm³/mol. The first kappa shape index (κ1) is 85.8. The number of nitrogens with two attached hydrogens (primary N) is 1. The zero-order valence-corrected chi connectivity index (χ0v) is 59.9. The van der Waals surface area contributed by atoms with E-state index < -0.39 is 17.2 Å². The third-order valence-corrected chi connectivity index (χ3v) is 14.0. The van der Waals surface area contributed by atoms with Crippen LogP contribution in [-0.4, -0.2) is 175 Å². The van der Waals surface area contributed by atoms with Crippen LogP contribution < -0.4 is 35.3 Å². The SMILES string of the molecule is C1CCOC1.CC(C)(O)C(C)(C)O.CO.COC(=O)C1=CC(Br)=C(C)C1.COC(=O)c1cc(-c2c(Br)cnn2C)c(C)[nH]1.COC(=O)c1cc(-c2ccnn2C)c(C)[nH]1.Cc1[nH]c(C(=O)O)cc1-c1c(Br)cnn1C.[B]=NS.[B]C(C=CN)=NC.[Na+].[OH-]. The molecule has 2 aliphatic rings. The maximum Gasteiger partial charge on any atom is 1.00 e. The van der Waals surface area contributed by atoms with Gasteiger partial charge in [0.05, 0.1) is 71.0 Å². The van der Waals surface area contributed by atoms with Crippen molar-refractivity contribution in [3.63, 3.8) is 0 Å². The molecule has 1 fully saturated rings. The fraction of sp³-hybridized carbons (Fsp3) is 0.418. The topological polar surface area (TPSA) is 368 Å². The molecule has 25 nitrogen and oxygen atoms in total. The van der Waals surface area contributed by atoms with Gasteiger partial charge in [-0.25, -0.2) is 19.2 Å². The summed E-state index contributed by atoms with van der Waals surface area (Å²) in [5, 5.41) is 46.4. The number of aromatic amines is 3. The standard InChI is InChI=1S/C11H12BrN3O2.C11H13N3O2.C10H10BrN3O2.C8H9BrO2.C6H14O2.C4H7BN2.C4H8O.CH4O.BHNS.Na.H2O/c1-6-7(4-9(14-6)11(16)17-3)10-8(12)5-13-15(10)2;1-7-8(10-4-5-12-14(10)2)6-9(13-7)11(15)16-3;1-5-6(3-8(13-5)10(15)16)9-7(11)4-12-14(9)2;1-5-3-6(4-7(5)9)8(10)11-2;1-5(2,7)6(3,4)8;1-7-4(5)2-3-6;1-2-4-5-3-1;1-2;1-2-3;;/h4-5,14H,1-3H3;4-6,13H,1-3H3;3-4,13H,1-2H3,(H,15,16);4H,3H2,1-2H3;7-8H,1-4H3;2-3H,6H2,1H3;1-4H2;2H,1H3;3H;;1H2/q;;;;;;;;;+1;/p-1. The minimum Gasteiger partial charge on any atom is -0.870 e. The molecular weight excluding hydrogens is 1350 g/mol. The number of carbonyl (C=O) groups excluding carboxylic acids is 3. The molecule has 471 valence electrons. The molecule has 0 aromatic carbocycles. The molecule has 8 rings (SSSR count). The maximum absolute atomic E-state index is 11.4. The molecule has 6 aromatic rings. The number of aliphatic imine (C=N–C) groups is 1. The van der Waals surface area contributed by atoms with E-state index in [0.717, 1.165) is 90.2 Å². The van der Waals surface area contributed by atoms with Crippen LogP contribution in [0.3, 0.4) is 0 Å². The number of aromatic carboxylic acids is 1. The molecule has 87 heavy (non-hydrogen) atoms. The van der Waals surface area contributed by atoms with Gasteiger partial charge >= 0.3 is 78.2 Å². The molecule has 0 unspecified atom stereocenters. The van der Waals surface area contributed by atoms with Crippen molar-refractivity contribution >= 4 is 106 Å². The fourth-order valence-electron chi connectivity index (χ4n) is 6.70. The van der Waals surface area contributed by atoms with E-state index in [1.165, 1.54) is 52.0 Å². The molecular formula is C55H79B2Br3N12NaO13S. The Balaban J connectivity index is -0.000000958. The van der Waals surface area contributed by atoms with Gasteiger partial charge in [0, 0.05) is 105 Å². The molecule has 32 heteroatoms. The average Bonchev–Trinajstić information content (AvgIpc) is 2.60. The number of aliphatic hydroxyl groups is 3. The van der Waals surface area contributed by atoms with Crippen molar-refractivity contribution < 1.29 is 93.6 Å². The van der Waals surface area contributed by atoms with Gasteiger partial charge in [-0.05, 0) is 148 Å². The minimum absolute atomic E-state index is 0. The summed E-state index contributed by atoms with van der Waals surface area (Å²) in [7, 11) is 21.8. The van der Waals surface area contributed by atoms with Crippen molar-refractivity contribution in [2.45, 2.75) is 85.9 Å². The number of aliphatic hydroxyl groups excluding tert-OH is 1. The van der Waals surface area contributed by atoms with E-state index in [1.54, 1.807) is 91.7 Å². The van der Waals surface area contributed by atoms with Crippen molar-refractivity contribution in [1.82, 2.24) is 44.3 Å². The Kier molecular flexibility index (Phi) is 42.7. The number of aromatic nitrogens is 9. The summed E-state index contributed by atoms with van der Waals surface area (Å²) >= 11 is 13.4. The number of allylic oxidation sites excluding steroid dienone is 4. The van der Waals surface area contributed by atoms with E-state index in [9.17, 15) is 19.2 Å². The molecule has 6 aromatic heterocycles. The summed E-state index contributed by atoms with van der Waals surface area (Å²) in [6, 6.07) is 7.05. The third kappa shape index (κ3) is 28.7. The van der Waals surface area contributed by atoms with Crippen LogP contribution >= 0.6 is 60.6 Å². The van der Waals surface area contributed by atoms with Crippen molar-refractivity contribution in [3.05, 3.63) is 120 Å². The molecule has 0 amide bonds. The van der Waals surface area contributed by atoms with Gasteiger partial charge in [0.25, 0.3) is 0 Å². The number of carboxylic acid groups (broad SMARTS) is 1. The number of thiol groups is 1. The van der Waals surface area contributed by atoms with E-state index in [1.807, 2.05) is 54.9 Å². The van der Waals surface area contributed by atoms with Crippen LogP contribution in [0.1, 0.15) is 102 Å². The van der Waals surface area contributed by atoms with Crippen LogP contribution in [0.2, 0.25) is 0 Å². The largest absolute Gasteiger partial charge is 1.00 e. The van der Waals surface area contributed by atoms with E-state index in [2.05, 4.69) is 122 Å². The van der Waals surface area contributed by atoms with Crippen LogP contribution in [0.15, 0.2) is 95.1 Å². The van der Waals surface area contributed by atoms with Crippen LogP contribution in [-0.2, 0) is 44.9 Å². The fourth-order valence-corrected chi connectivity index (χ4v) is 8.24. The number of rotatable bonds is 9. The number of halogens is 3. The summed E-state index contributed by atoms with van der Waals surface area (Å²) in [5.41, 5.74) is 14.5. The molecule has 10 N–H and O–H groups in total. The quantitative estimate of drug-likeness (QED) is 0.0274. The number of ether oxygens (including phenoxy) is 4. The first-order valence-electron chi connectivity index (χ1n) is 25.4. The smallest absolute Gasteiger partial charge is 0.870 e. The molecule has 0 saturated carbocycles. The summed E-state index contributed by atoms with van der Waals surface area (Å²) < 4.78 is 29.5. The molecule has 0 bridgehead atoms. The molecule has 7 heterocycles. The maximum atomic E-state index is 11.4. The Morgan fingerprint density at radius 1 is 0.747 bits per heavy atom. The Bertz CT molecular complexity index is 3160. The van der Waals surface area contributed by atoms with Gasteiger partial charge in [0.15, 0.2) is 0 Å². The zero-order chi connectivity index (χ0) is 65.5. The zero-order valence-electron chi connectivity index (χ0n) is 52.2. The second-order valence-corrected chi connectivity index (χ2v) is 21.5. The van der Waals surface area contributed by atoms with Gasteiger partial charge in [-0.2, -0.15) is 15.3 Å². The van der Waals surface area contributed by atoms with Gasteiger partial charge in [-0.1, -0.05) is 21.5 Å². The first-order valence-corrected chi connectivity index (χ1v) is 28.2. The van der Waals surface area contributed by atoms with E-state index in [0.29, 0.717) is 23.4 Å². The molecule has 0 spiro atoms. The Labute approximate surface area is 563 Å². The molecule has 1 aliphatic carbocycles. The number of nitrogens with one attached hydrogen (secondary N) is 3. The van der Waals surface area contributed by atoms with Crippen molar-refractivity contribution in [3.8, 4) is 33.8 Å². The molecule has 1 aliphatic heterocycles. The Hall–Kier alpha value is -5.44. The normalized spacial score (nSPS) is 12.0. The van der Waals surface area contributed by atoms with Crippen molar-refractivity contribution in [2.75, 3.05) is 48.7 Å². The van der Waals surface area contributed by atoms with Crippen molar-refractivity contribution in [1.29, 1.82) is 0 Å². The van der Waals surface area contributed by atoms with E-state index >= 15 is 0 Å². The third-order valence-electron chi connectivity index (χ3n) is 11.9.